The number of carbonyl (C=O) groups excluding carboxylic acids is 1. The number of nitrogens with zero attached hydrogens (tertiary/aromatic N) is 2. The van der Waals surface area contributed by atoms with Crippen molar-refractivity contribution in [3.8, 4) is 27.8 Å². The molecule has 0 saturated carbocycles. The summed E-state index contributed by atoms with van der Waals surface area (Å²) >= 11 is 1.56. The number of methoxy groups -OCH3 is 3. The summed E-state index contributed by atoms with van der Waals surface area (Å²) in [6.07, 6.45) is 3.52. The lowest BCUT2D eigenvalue weighted by molar-refractivity contribution is 0.102. The van der Waals surface area contributed by atoms with Crippen LogP contribution in [0.25, 0.3) is 20.8 Å². The number of rotatable bonds is 6. The molecule has 1 N–H and O–H groups in total. The van der Waals surface area contributed by atoms with Gasteiger partial charge in [0.25, 0.3) is 5.91 Å². The van der Waals surface area contributed by atoms with Crippen molar-refractivity contribution in [2.45, 2.75) is 0 Å². The second kappa shape index (κ2) is 8.38. The number of nitrogens with one attached hydrogen (secondary N) is 1. The van der Waals surface area contributed by atoms with Crippen LogP contribution in [0, 0.1) is 0 Å². The lowest BCUT2D eigenvalue weighted by Crippen LogP contribution is -2.12. The van der Waals surface area contributed by atoms with Crippen molar-refractivity contribution in [2.24, 2.45) is 0 Å². The standard InChI is InChI=1S/C22H19N3O4S/c1-27-17-10-14(11-18(28-2)20(17)29-3)21(26)24-15-6-4-5-13(9-15)22-25-16-7-8-23-12-19(16)30-22/h4-12H,1-3H3,(H,24,26). The summed E-state index contributed by atoms with van der Waals surface area (Å²) in [5.74, 6) is 0.974. The Kier molecular flexibility index (Phi) is 5.49. The number of aromatic nitrogens is 2. The summed E-state index contributed by atoms with van der Waals surface area (Å²) in [6.45, 7) is 0. The minimum absolute atomic E-state index is 0.292. The molecule has 0 aliphatic heterocycles. The van der Waals surface area contributed by atoms with Gasteiger partial charge in [0.15, 0.2) is 11.5 Å². The average molecular weight is 421 g/mol. The topological polar surface area (TPSA) is 82.6 Å². The predicted molar refractivity (Wildman–Crippen MR) is 117 cm³/mol. The van der Waals surface area contributed by atoms with E-state index in [1.165, 1.54) is 21.3 Å². The summed E-state index contributed by atoms with van der Waals surface area (Å²) < 4.78 is 17.0. The second-order valence-electron chi connectivity index (χ2n) is 6.31. The molecule has 0 fully saturated rings. The lowest BCUT2D eigenvalue weighted by Gasteiger charge is -2.14. The molecule has 8 heteroatoms. The van der Waals surface area contributed by atoms with E-state index in [0.717, 1.165) is 20.8 Å². The molecule has 30 heavy (non-hydrogen) atoms. The number of anilines is 1. The molecular formula is C22H19N3O4S. The van der Waals surface area contributed by atoms with Gasteiger partial charge >= 0.3 is 0 Å². The first-order valence-corrected chi connectivity index (χ1v) is 9.87. The van der Waals surface area contributed by atoms with Crippen molar-refractivity contribution >= 4 is 33.1 Å². The molecule has 0 radical (unpaired) electrons. The fourth-order valence-corrected chi connectivity index (χ4v) is 3.98. The lowest BCUT2D eigenvalue weighted by atomic mass is 10.1. The van der Waals surface area contributed by atoms with E-state index in [2.05, 4.69) is 15.3 Å². The summed E-state index contributed by atoms with van der Waals surface area (Å²) in [6, 6.07) is 12.7. The first-order chi connectivity index (χ1) is 14.6. The number of amides is 1. The Balaban J connectivity index is 1.62. The molecule has 4 rings (SSSR count). The Morgan fingerprint density at radius 1 is 1.00 bits per heavy atom. The van der Waals surface area contributed by atoms with E-state index >= 15 is 0 Å². The molecule has 1 amide bonds. The molecule has 0 atom stereocenters. The maximum Gasteiger partial charge on any atom is 0.255 e. The number of carbonyl (C=O) groups is 1. The highest BCUT2D eigenvalue weighted by atomic mass is 32.1. The van der Waals surface area contributed by atoms with Gasteiger partial charge in [0.05, 0.1) is 31.5 Å². The van der Waals surface area contributed by atoms with Crippen molar-refractivity contribution in [3.05, 3.63) is 60.4 Å². The van der Waals surface area contributed by atoms with Crippen molar-refractivity contribution in [1.82, 2.24) is 9.97 Å². The Bertz CT molecular complexity index is 1160. The van der Waals surface area contributed by atoms with E-state index in [4.69, 9.17) is 14.2 Å². The number of fused-ring (bicyclic) bond motifs is 1. The molecule has 2 heterocycles. The molecule has 2 aromatic heterocycles. The van der Waals surface area contributed by atoms with Crippen LogP contribution in [0.2, 0.25) is 0 Å². The zero-order valence-corrected chi connectivity index (χ0v) is 17.4. The van der Waals surface area contributed by atoms with Crippen LogP contribution in [0.4, 0.5) is 5.69 Å². The minimum Gasteiger partial charge on any atom is -0.493 e. The van der Waals surface area contributed by atoms with E-state index in [0.29, 0.717) is 28.5 Å². The predicted octanol–water partition coefficient (Wildman–Crippen LogP) is 4.64. The van der Waals surface area contributed by atoms with Crippen LogP contribution >= 0.6 is 11.3 Å². The Labute approximate surface area is 177 Å². The van der Waals surface area contributed by atoms with E-state index in [-0.39, 0.29) is 5.91 Å². The normalized spacial score (nSPS) is 10.6. The number of ether oxygens (including phenoxy) is 3. The fourth-order valence-electron chi connectivity index (χ4n) is 3.05. The van der Waals surface area contributed by atoms with Gasteiger partial charge in [0.2, 0.25) is 5.75 Å². The van der Waals surface area contributed by atoms with Gasteiger partial charge in [-0.2, -0.15) is 0 Å². The zero-order chi connectivity index (χ0) is 21.1. The first kappa shape index (κ1) is 19.7. The van der Waals surface area contributed by atoms with E-state index < -0.39 is 0 Å². The molecule has 152 valence electrons. The van der Waals surface area contributed by atoms with Gasteiger partial charge in [-0.05, 0) is 30.3 Å². The van der Waals surface area contributed by atoms with Crippen LogP contribution in [0.15, 0.2) is 54.9 Å². The van der Waals surface area contributed by atoms with E-state index in [1.54, 1.807) is 35.9 Å². The quantitative estimate of drug-likeness (QED) is 0.489. The van der Waals surface area contributed by atoms with Gasteiger partial charge in [-0.25, -0.2) is 4.98 Å². The molecule has 0 aliphatic carbocycles. The number of hydrogen-bond donors (Lipinski definition) is 1. The number of pyridine rings is 1. The van der Waals surface area contributed by atoms with E-state index in [9.17, 15) is 4.79 Å². The molecule has 0 unspecified atom stereocenters. The minimum atomic E-state index is -0.292. The van der Waals surface area contributed by atoms with Crippen LogP contribution < -0.4 is 19.5 Å². The second-order valence-corrected chi connectivity index (χ2v) is 7.34. The van der Waals surface area contributed by atoms with Gasteiger partial charge in [0.1, 0.15) is 5.01 Å². The summed E-state index contributed by atoms with van der Waals surface area (Å²) in [5.41, 5.74) is 2.86. The highest BCUT2D eigenvalue weighted by Crippen LogP contribution is 2.38. The highest BCUT2D eigenvalue weighted by Gasteiger charge is 2.17. The van der Waals surface area contributed by atoms with Crippen molar-refractivity contribution < 1.29 is 19.0 Å². The Hall–Kier alpha value is -3.65. The van der Waals surface area contributed by atoms with Crippen LogP contribution in [-0.2, 0) is 0 Å². The summed E-state index contributed by atoms with van der Waals surface area (Å²) in [5, 5.41) is 3.78. The smallest absolute Gasteiger partial charge is 0.255 e. The number of hydrogen-bond acceptors (Lipinski definition) is 7. The molecule has 0 saturated heterocycles. The number of thiazole rings is 1. The highest BCUT2D eigenvalue weighted by molar-refractivity contribution is 7.21. The third-order valence-electron chi connectivity index (χ3n) is 4.49. The van der Waals surface area contributed by atoms with Crippen molar-refractivity contribution in [1.29, 1.82) is 0 Å². The summed E-state index contributed by atoms with van der Waals surface area (Å²) in [4.78, 5) is 21.6. The maximum atomic E-state index is 12.9. The maximum absolute atomic E-state index is 12.9. The van der Waals surface area contributed by atoms with Crippen molar-refractivity contribution in [3.63, 3.8) is 0 Å². The fraction of sp³-hybridized carbons (Fsp3) is 0.136. The zero-order valence-electron chi connectivity index (χ0n) is 16.6. The van der Waals surface area contributed by atoms with E-state index in [1.807, 2.05) is 30.3 Å². The molecule has 2 aromatic carbocycles. The van der Waals surface area contributed by atoms with Crippen LogP contribution in [0.3, 0.4) is 0 Å². The van der Waals surface area contributed by atoms with Crippen molar-refractivity contribution in [2.75, 3.05) is 26.6 Å². The van der Waals surface area contributed by atoms with Crippen LogP contribution in [-0.4, -0.2) is 37.2 Å². The largest absolute Gasteiger partial charge is 0.493 e. The third kappa shape index (κ3) is 3.77. The average Bonchev–Trinajstić information content (AvgIpc) is 3.22. The van der Waals surface area contributed by atoms with Gasteiger partial charge in [-0.1, -0.05) is 12.1 Å². The first-order valence-electron chi connectivity index (χ1n) is 9.05. The molecular weight excluding hydrogens is 402 g/mol. The molecule has 7 nitrogen and oxygen atoms in total. The Morgan fingerprint density at radius 3 is 2.43 bits per heavy atom. The van der Waals surface area contributed by atoms with Gasteiger partial charge < -0.3 is 19.5 Å². The summed E-state index contributed by atoms with van der Waals surface area (Å²) in [7, 11) is 4.54. The molecule has 0 aliphatic rings. The number of benzene rings is 2. The van der Waals surface area contributed by atoms with Gasteiger partial charge in [0, 0.05) is 29.2 Å². The van der Waals surface area contributed by atoms with Crippen LogP contribution in [0.5, 0.6) is 17.2 Å². The molecule has 4 aromatic rings. The molecule has 0 spiro atoms. The van der Waals surface area contributed by atoms with Crippen LogP contribution in [0.1, 0.15) is 10.4 Å². The molecule has 0 bridgehead atoms. The monoisotopic (exact) mass is 421 g/mol. The van der Waals surface area contributed by atoms with Gasteiger partial charge in [-0.15, -0.1) is 11.3 Å². The van der Waals surface area contributed by atoms with Gasteiger partial charge in [-0.3, -0.25) is 9.78 Å². The Morgan fingerprint density at radius 2 is 1.77 bits per heavy atom. The SMILES string of the molecule is COc1cc(C(=O)Nc2cccc(-c3nc4ccncc4s3)c2)cc(OC)c1OC. The third-order valence-corrected chi connectivity index (χ3v) is 5.54.